The summed E-state index contributed by atoms with van der Waals surface area (Å²) in [6.07, 6.45) is 0.965. The molecule has 3 rings (SSSR count). The molecule has 0 aromatic heterocycles. The van der Waals surface area contributed by atoms with Crippen LogP contribution in [0.25, 0.3) is 0 Å². The highest BCUT2D eigenvalue weighted by atomic mass is 32.2. The first kappa shape index (κ1) is 24.5. The van der Waals surface area contributed by atoms with Crippen molar-refractivity contribution in [2.75, 3.05) is 11.9 Å². The Bertz CT molecular complexity index is 1190. The topological polar surface area (TPSA) is 84.5 Å². The van der Waals surface area contributed by atoms with E-state index in [-0.39, 0.29) is 11.3 Å². The predicted octanol–water partition coefficient (Wildman–Crippen LogP) is 4.48. The summed E-state index contributed by atoms with van der Waals surface area (Å²) in [4.78, 5) is 13.3. The number of amides is 1. The van der Waals surface area contributed by atoms with Crippen LogP contribution in [0.3, 0.4) is 0 Å². The zero-order valence-corrected chi connectivity index (χ0v) is 20.0. The summed E-state index contributed by atoms with van der Waals surface area (Å²) < 4.78 is 34.5. The molecule has 0 bridgehead atoms. The molecule has 0 aliphatic rings. The van der Waals surface area contributed by atoms with Crippen molar-refractivity contribution in [2.24, 2.45) is 0 Å². The average molecular weight is 467 g/mol. The van der Waals surface area contributed by atoms with Crippen LogP contribution in [0.15, 0.2) is 77.7 Å². The molecular weight excluding hydrogens is 436 g/mol. The van der Waals surface area contributed by atoms with Crippen LogP contribution in [0, 0.1) is 6.92 Å². The average Bonchev–Trinajstić information content (AvgIpc) is 2.81. The van der Waals surface area contributed by atoms with Crippen LogP contribution in [0.4, 0.5) is 5.69 Å². The molecule has 33 heavy (non-hydrogen) atoms. The third-order valence-corrected chi connectivity index (χ3v) is 6.78. The van der Waals surface area contributed by atoms with Gasteiger partial charge in [0.25, 0.3) is 0 Å². The molecule has 7 heteroatoms. The first-order valence-corrected chi connectivity index (χ1v) is 12.5. The maximum absolute atomic E-state index is 13.2. The summed E-state index contributed by atoms with van der Waals surface area (Å²) in [7, 11) is -3.95. The lowest BCUT2D eigenvalue weighted by Gasteiger charge is -2.20. The van der Waals surface area contributed by atoms with E-state index in [9.17, 15) is 13.2 Å². The monoisotopic (exact) mass is 466 g/mol. The SMILES string of the molecule is CCOc1ccc(S(=O)(=O)N[C@@H](Cc2ccccc2)C(=O)Nc2ccccc2CC)cc1C. The minimum Gasteiger partial charge on any atom is -0.494 e. The minimum absolute atomic E-state index is 0.0864. The fourth-order valence-corrected chi connectivity index (χ4v) is 4.85. The van der Waals surface area contributed by atoms with E-state index in [0.717, 1.165) is 17.5 Å². The summed E-state index contributed by atoms with van der Waals surface area (Å²) in [5, 5.41) is 2.91. The lowest BCUT2D eigenvalue weighted by molar-refractivity contribution is -0.117. The molecule has 0 aliphatic carbocycles. The minimum atomic E-state index is -3.95. The molecule has 3 aromatic rings. The van der Waals surface area contributed by atoms with Crippen molar-refractivity contribution in [3.63, 3.8) is 0 Å². The number of benzene rings is 3. The van der Waals surface area contributed by atoms with E-state index in [1.165, 1.54) is 6.07 Å². The van der Waals surface area contributed by atoms with Gasteiger partial charge in [-0.2, -0.15) is 4.72 Å². The first-order chi connectivity index (χ1) is 15.8. The Labute approximate surface area is 196 Å². The number of hydrogen-bond donors (Lipinski definition) is 2. The molecule has 6 nitrogen and oxygen atoms in total. The van der Waals surface area contributed by atoms with E-state index in [2.05, 4.69) is 10.0 Å². The maximum atomic E-state index is 13.2. The Hall–Kier alpha value is -3.16. The van der Waals surface area contributed by atoms with Gasteiger partial charge in [0.2, 0.25) is 15.9 Å². The lowest BCUT2D eigenvalue weighted by Crippen LogP contribution is -2.45. The summed E-state index contributed by atoms with van der Waals surface area (Å²) in [6, 6.07) is 20.5. The van der Waals surface area contributed by atoms with Crippen LogP contribution in [0.1, 0.15) is 30.5 Å². The van der Waals surface area contributed by atoms with Crippen molar-refractivity contribution in [3.05, 3.63) is 89.5 Å². The summed E-state index contributed by atoms with van der Waals surface area (Å²) in [5.74, 6) is 0.220. The van der Waals surface area contributed by atoms with Crippen molar-refractivity contribution < 1.29 is 17.9 Å². The largest absolute Gasteiger partial charge is 0.494 e. The second kappa shape index (κ2) is 11.1. The van der Waals surface area contributed by atoms with Crippen LogP contribution in [-0.4, -0.2) is 27.0 Å². The number of nitrogens with one attached hydrogen (secondary N) is 2. The highest BCUT2D eigenvalue weighted by Crippen LogP contribution is 2.23. The van der Waals surface area contributed by atoms with Crippen LogP contribution in [-0.2, 0) is 27.7 Å². The maximum Gasteiger partial charge on any atom is 0.242 e. The van der Waals surface area contributed by atoms with Crippen LogP contribution in [0.2, 0.25) is 0 Å². The highest BCUT2D eigenvalue weighted by Gasteiger charge is 2.27. The molecule has 0 fully saturated rings. The molecule has 0 spiro atoms. The van der Waals surface area contributed by atoms with Gasteiger partial charge >= 0.3 is 0 Å². The van der Waals surface area contributed by atoms with Gasteiger partial charge < -0.3 is 10.1 Å². The molecular formula is C26H30N2O4S. The van der Waals surface area contributed by atoms with Crippen molar-refractivity contribution in [3.8, 4) is 5.75 Å². The Morgan fingerprint density at radius 1 is 0.970 bits per heavy atom. The van der Waals surface area contributed by atoms with E-state index in [0.29, 0.717) is 23.6 Å². The van der Waals surface area contributed by atoms with Gasteiger partial charge in [-0.3, -0.25) is 4.79 Å². The lowest BCUT2D eigenvalue weighted by atomic mass is 10.1. The van der Waals surface area contributed by atoms with E-state index < -0.39 is 22.0 Å². The van der Waals surface area contributed by atoms with Gasteiger partial charge in [-0.15, -0.1) is 0 Å². The van der Waals surface area contributed by atoms with Gasteiger partial charge in [-0.05, 0) is 67.6 Å². The van der Waals surface area contributed by atoms with Crippen molar-refractivity contribution in [2.45, 2.75) is 44.6 Å². The number of carbonyl (C=O) groups is 1. The Kier molecular flexibility index (Phi) is 8.25. The molecule has 2 N–H and O–H groups in total. The summed E-state index contributed by atoms with van der Waals surface area (Å²) in [5.41, 5.74) is 3.22. The first-order valence-electron chi connectivity index (χ1n) is 11.0. The van der Waals surface area contributed by atoms with Gasteiger partial charge in [-0.1, -0.05) is 55.5 Å². The van der Waals surface area contributed by atoms with E-state index in [1.54, 1.807) is 19.1 Å². The number of ether oxygens (including phenoxy) is 1. The third-order valence-electron chi connectivity index (χ3n) is 5.31. The van der Waals surface area contributed by atoms with E-state index >= 15 is 0 Å². The van der Waals surface area contributed by atoms with Gasteiger partial charge in [0.05, 0.1) is 11.5 Å². The molecule has 0 saturated heterocycles. The second-order valence-corrected chi connectivity index (χ2v) is 9.44. The number of aryl methyl sites for hydroxylation is 2. The van der Waals surface area contributed by atoms with E-state index in [1.807, 2.05) is 68.4 Å². The number of rotatable bonds is 10. The number of anilines is 1. The number of carbonyl (C=O) groups excluding carboxylic acids is 1. The highest BCUT2D eigenvalue weighted by molar-refractivity contribution is 7.89. The van der Waals surface area contributed by atoms with Crippen molar-refractivity contribution in [1.82, 2.24) is 4.72 Å². The Balaban J connectivity index is 1.89. The zero-order valence-electron chi connectivity index (χ0n) is 19.2. The second-order valence-electron chi connectivity index (χ2n) is 7.72. The molecule has 0 unspecified atom stereocenters. The van der Waals surface area contributed by atoms with E-state index in [4.69, 9.17) is 4.74 Å². The third kappa shape index (κ3) is 6.43. The van der Waals surface area contributed by atoms with Crippen molar-refractivity contribution >= 4 is 21.6 Å². The molecule has 1 amide bonds. The van der Waals surface area contributed by atoms with Crippen molar-refractivity contribution in [1.29, 1.82) is 0 Å². The van der Waals surface area contributed by atoms with Gasteiger partial charge in [0, 0.05) is 5.69 Å². The molecule has 0 radical (unpaired) electrons. The summed E-state index contributed by atoms with van der Waals surface area (Å²) in [6.45, 7) is 6.15. The van der Waals surface area contributed by atoms with Crippen LogP contribution >= 0.6 is 0 Å². The van der Waals surface area contributed by atoms with Gasteiger partial charge in [0.1, 0.15) is 11.8 Å². The normalized spacial score (nSPS) is 12.2. The zero-order chi connectivity index (χ0) is 23.8. The number of sulfonamides is 1. The fraction of sp³-hybridized carbons (Fsp3) is 0.269. The standard InChI is InChI=1S/C26H30N2O4S/c1-4-21-13-9-10-14-23(21)27-26(29)24(18-20-11-7-6-8-12-20)28-33(30,31)22-15-16-25(32-5-2)19(3)17-22/h6-17,24,28H,4-5,18H2,1-3H3,(H,27,29)/t24-/m0/s1. The number of para-hydroxylation sites is 1. The fourth-order valence-electron chi connectivity index (χ4n) is 3.57. The van der Waals surface area contributed by atoms with Gasteiger partial charge in [-0.25, -0.2) is 8.42 Å². The molecule has 3 aromatic carbocycles. The molecule has 1 atom stereocenters. The smallest absolute Gasteiger partial charge is 0.242 e. The molecule has 0 aliphatic heterocycles. The molecule has 0 saturated carbocycles. The van der Waals surface area contributed by atoms with Gasteiger partial charge in [0.15, 0.2) is 0 Å². The molecule has 174 valence electrons. The molecule has 0 heterocycles. The Morgan fingerprint density at radius 3 is 2.33 bits per heavy atom. The van der Waals surface area contributed by atoms with Crippen LogP contribution < -0.4 is 14.8 Å². The predicted molar refractivity (Wildman–Crippen MR) is 131 cm³/mol. The Morgan fingerprint density at radius 2 is 1.67 bits per heavy atom. The summed E-state index contributed by atoms with van der Waals surface area (Å²) >= 11 is 0. The number of hydrogen-bond acceptors (Lipinski definition) is 4. The quantitative estimate of drug-likeness (QED) is 0.461. The van der Waals surface area contributed by atoms with Crippen LogP contribution in [0.5, 0.6) is 5.75 Å².